The molecular formula is C20H24N4O3. The van der Waals surface area contributed by atoms with Crippen molar-refractivity contribution in [2.75, 3.05) is 31.1 Å². The first-order valence-corrected chi connectivity index (χ1v) is 9.47. The molecule has 142 valence electrons. The van der Waals surface area contributed by atoms with Crippen LogP contribution in [0.15, 0.2) is 35.3 Å². The predicted octanol–water partition coefficient (Wildman–Crippen LogP) is 1.97. The zero-order valence-corrected chi connectivity index (χ0v) is 15.5. The molecule has 2 aromatic rings. The molecule has 0 spiro atoms. The minimum Gasteiger partial charge on any atom is -0.485 e. The Kier molecular flexibility index (Phi) is 4.83. The van der Waals surface area contributed by atoms with Crippen LogP contribution in [0.5, 0.6) is 5.75 Å². The number of amides is 1. The number of nitrogens with zero attached hydrogens (tertiary/aromatic N) is 3. The van der Waals surface area contributed by atoms with E-state index in [1.807, 2.05) is 12.1 Å². The molecule has 0 aliphatic carbocycles. The zero-order valence-electron chi connectivity index (χ0n) is 15.5. The first kappa shape index (κ1) is 17.6. The van der Waals surface area contributed by atoms with Crippen molar-refractivity contribution in [3.63, 3.8) is 0 Å². The third-order valence-electron chi connectivity index (χ3n) is 5.23. The molecule has 0 radical (unpaired) electrons. The zero-order chi connectivity index (χ0) is 18.8. The first-order chi connectivity index (χ1) is 13.1. The van der Waals surface area contributed by atoms with Crippen LogP contribution in [0.1, 0.15) is 35.3 Å². The van der Waals surface area contributed by atoms with Gasteiger partial charge in [0, 0.05) is 44.0 Å². The van der Waals surface area contributed by atoms with Gasteiger partial charge in [0.1, 0.15) is 6.10 Å². The van der Waals surface area contributed by atoms with Crippen LogP contribution in [-0.2, 0) is 0 Å². The topological polar surface area (TPSA) is 78.5 Å². The number of likely N-dealkylation sites (tertiary alicyclic amines) is 1. The lowest BCUT2D eigenvalue weighted by Gasteiger charge is -2.22. The standard InChI is InChI=1S/C20H24N4O3/c1-14-16(6-7-18(25)22-14)20(26)24-12-8-15(13-24)27-17-5-4-9-21-19(17)23-10-2-3-11-23/h4-7,9,15H,2-3,8,10-13H2,1H3,(H,22,25)/t15-/m1/s1. The minimum absolute atomic E-state index is 0.0532. The van der Waals surface area contributed by atoms with Gasteiger partial charge in [0.25, 0.3) is 5.91 Å². The summed E-state index contributed by atoms with van der Waals surface area (Å²) in [7, 11) is 0. The highest BCUT2D eigenvalue weighted by atomic mass is 16.5. The molecule has 2 aliphatic rings. The van der Waals surface area contributed by atoms with Crippen molar-refractivity contribution in [3.8, 4) is 5.75 Å². The fraction of sp³-hybridized carbons (Fsp3) is 0.450. The Hall–Kier alpha value is -2.83. The van der Waals surface area contributed by atoms with E-state index in [2.05, 4.69) is 14.9 Å². The van der Waals surface area contributed by atoms with Crippen molar-refractivity contribution in [1.29, 1.82) is 0 Å². The maximum Gasteiger partial charge on any atom is 0.255 e. The van der Waals surface area contributed by atoms with Crippen molar-refractivity contribution in [3.05, 3.63) is 52.1 Å². The van der Waals surface area contributed by atoms with Gasteiger partial charge in [0.05, 0.1) is 12.1 Å². The van der Waals surface area contributed by atoms with Gasteiger partial charge < -0.3 is 19.5 Å². The summed E-state index contributed by atoms with van der Waals surface area (Å²) in [6, 6.07) is 6.83. The predicted molar refractivity (Wildman–Crippen MR) is 102 cm³/mol. The average Bonchev–Trinajstić information content (AvgIpc) is 3.34. The molecule has 7 heteroatoms. The number of aromatic amines is 1. The first-order valence-electron chi connectivity index (χ1n) is 9.47. The number of nitrogens with one attached hydrogen (secondary N) is 1. The summed E-state index contributed by atoms with van der Waals surface area (Å²) in [5, 5.41) is 0. The van der Waals surface area contributed by atoms with Crippen LogP contribution < -0.4 is 15.2 Å². The number of rotatable bonds is 4. The Labute approximate surface area is 158 Å². The summed E-state index contributed by atoms with van der Waals surface area (Å²) in [6.45, 7) is 4.94. The maximum absolute atomic E-state index is 12.8. The number of aryl methyl sites for hydroxylation is 1. The maximum atomic E-state index is 12.8. The highest BCUT2D eigenvalue weighted by Crippen LogP contribution is 2.30. The molecule has 0 aromatic carbocycles. The lowest BCUT2D eigenvalue weighted by Crippen LogP contribution is -2.32. The van der Waals surface area contributed by atoms with Gasteiger partial charge in [-0.3, -0.25) is 9.59 Å². The van der Waals surface area contributed by atoms with Crippen LogP contribution >= 0.6 is 0 Å². The lowest BCUT2D eigenvalue weighted by atomic mass is 10.2. The summed E-state index contributed by atoms with van der Waals surface area (Å²) in [4.78, 5) is 35.4. The van der Waals surface area contributed by atoms with Gasteiger partial charge in [0.15, 0.2) is 11.6 Å². The smallest absolute Gasteiger partial charge is 0.255 e. The molecule has 0 saturated carbocycles. The van der Waals surface area contributed by atoms with E-state index in [-0.39, 0.29) is 17.6 Å². The fourth-order valence-corrected chi connectivity index (χ4v) is 3.81. The highest BCUT2D eigenvalue weighted by molar-refractivity contribution is 5.95. The van der Waals surface area contributed by atoms with E-state index in [1.54, 1.807) is 24.1 Å². The number of anilines is 1. The highest BCUT2D eigenvalue weighted by Gasteiger charge is 2.30. The summed E-state index contributed by atoms with van der Waals surface area (Å²) < 4.78 is 6.23. The van der Waals surface area contributed by atoms with Crippen molar-refractivity contribution in [2.45, 2.75) is 32.3 Å². The Morgan fingerprint density at radius 1 is 1.22 bits per heavy atom. The van der Waals surface area contributed by atoms with Gasteiger partial charge in [-0.1, -0.05) is 0 Å². The monoisotopic (exact) mass is 368 g/mol. The van der Waals surface area contributed by atoms with Crippen LogP contribution in [0.3, 0.4) is 0 Å². The molecule has 7 nitrogen and oxygen atoms in total. The van der Waals surface area contributed by atoms with Crippen LogP contribution in [-0.4, -0.2) is 53.1 Å². The molecule has 2 aliphatic heterocycles. The van der Waals surface area contributed by atoms with Crippen LogP contribution in [0, 0.1) is 6.92 Å². The van der Waals surface area contributed by atoms with Crippen LogP contribution in [0.25, 0.3) is 0 Å². The summed E-state index contributed by atoms with van der Waals surface area (Å²) in [6.07, 6.45) is 4.88. The summed E-state index contributed by atoms with van der Waals surface area (Å²) in [5.74, 6) is 1.62. The van der Waals surface area contributed by atoms with E-state index in [0.717, 1.165) is 31.1 Å². The van der Waals surface area contributed by atoms with Gasteiger partial charge in [-0.25, -0.2) is 4.98 Å². The van der Waals surface area contributed by atoms with Gasteiger partial charge >= 0.3 is 0 Å². The van der Waals surface area contributed by atoms with Gasteiger partial charge in [-0.2, -0.15) is 0 Å². The second kappa shape index (κ2) is 7.42. The fourth-order valence-electron chi connectivity index (χ4n) is 3.81. The second-order valence-corrected chi connectivity index (χ2v) is 7.16. The average molecular weight is 368 g/mol. The molecule has 1 N–H and O–H groups in total. The van der Waals surface area contributed by atoms with E-state index >= 15 is 0 Å². The van der Waals surface area contributed by atoms with E-state index < -0.39 is 0 Å². The third-order valence-corrected chi connectivity index (χ3v) is 5.23. The number of ether oxygens (including phenoxy) is 1. The Bertz CT molecular complexity index is 889. The largest absolute Gasteiger partial charge is 0.485 e. The van der Waals surface area contributed by atoms with Crippen molar-refractivity contribution in [1.82, 2.24) is 14.9 Å². The third kappa shape index (κ3) is 3.67. The van der Waals surface area contributed by atoms with Gasteiger partial charge in [-0.05, 0) is 38.0 Å². The van der Waals surface area contributed by atoms with Crippen LogP contribution in [0.4, 0.5) is 5.82 Å². The summed E-state index contributed by atoms with van der Waals surface area (Å²) >= 11 is 0. The van der Waals surface area contributed by atoms with E-state index in [4.69, 9.17) is 4.74 Å². The lowest BCUT2D eigenvalue weighted by molar-refractivity contribution is 0.0771. The number of aromatic nitrogens is 2. The molecule has 1 atom stereocenters. The minimum atomic E-state index is -0.197. The Morgan fingerprint density at radius 2 is 2.04 bits per heavy atom. The Morgan fingerprint density at radius 3 is 2.81 bits per heavy atom. The molecular weight excluding hydrogens is 344 g/mol. The normalized spacial score (nSPS) is 19.5. The number of H-pyrrole nitrogens is 1. The number of carbonyl (C=O) groups excluding carboxylic acids is 1. The quantitative estimate of drug-likeness (QED) is 0.893. The number of carbonyl (C=O) groups is 1. The summed E-state index contributed by atoms with van der Waals surface area (Å²) in [5.41, 5.74) is 0.938. The molecule has 2 fully saturated rings. The Balaban J connectivity index is 1.44. The second-order valence-electron chi connectivity index (χ2n) is 7.16. The molecule has 2 aromatic heterocycles. The van der Waals surface area contributed by atoms with Crippen molar-refractivity contribution < 1.29 is 9.53 Å². The van der Waals surface area contributed by atoms with Crippen molar-refractivity contribution in [2.24, 2.45) is 0 Å². The van der Waals surface area contributed by atoms with E-state index in [9.17, 15) is 9.59 Å². The van der Waals surface area contributed by atoms with Gasteiger partial charge in [0.2, 0.25) is 5.56 Å². The molecule has 0 unspecified atom stereocenters. The van der Waals surface area contributed by atoms with Crippen molar-refractivity contribution >= 4 is 11.7 Å². The van der Waals surface area contributed by atoms with Gasteiger partial charge in [-0.15, -0.1) is 0 Å². The number of pyridine rings is 2. The molecule has 2 saturated heterocycles. The van der Waals surface area contributed by atoms with Crippen LogP contribution in [0.2, 0.25) is 0 Å². The molecule has 0 bridgehead atoms. The molecule has 4 heterocycles. The van der Waals surface area contributed by atoms with E-state index in [1.165, 1.54) is 18.9 Å². The molecule has 1 amide bonds. The molecule has 27 heavy (non-hydrogen) atoms. The SMILES string of the molecule is Cc1[nH]c(=O)ccc1C(=O)N1CC[C@@H](Oc2cccnc2N2CCCC2)C1. The molecule has 4 rings (SSSR count). The number of hydrogen-bond donors (Lipinski definition) is 1. The number of hydrogen-bond acceptors (Lipinski definition) is 5. The van der Waals surface area contributed by atoms with E-state index in [0.29, 0.717) is 24.3 Å².